The minimum Gasteiger partial charge on any atom is -0.469 e. The molecule has 0 unspecified atom stereocenters. The Morgan fingerprint density at radius 1 is 1.30 bits per heavy atom. The van der Waals surface area contributed by atoms with E-state index < -0.39 is 36.8 Å². The van der Waals surface area contributed by atoms with Crippen molar-refractivity contribution < 1.29 is 34.4 Å². The Morgan fingerprint density at radius 3 is 2.59 bits per heavy atom. The van der Waals surface area contributed by atoms with Crippen molar-refractivity contribution in [1.29, 1.82) is 0 Å². The van der Waals surface area contributed by atoms with E-state index in [9.17, 15) is 24.6 Å². The van der Waals surface area contributed by atoms with Crippen LogP contribution in [0, 0.1) is 0 Å². The Bertz CT molecular complexity index is 722. The zero-order valence-corrected chi connectivity index (χ0v) is 14.8. The Balaban J connectivity index is 1.92. The maximum atomic E-state index is 12.1. The molecule has 11 nitrogen and oxygen atoms in total. The number of unbranched alkanes of at least 4 members (excludes halogenated alkanes) is 1. The first-order valence-corrected chi connectivity index (χ1v) is 8.45. The SMILES string of the molecule is COC(=O)CCCCC(=O)Nc1ccn([C@@H]2O[C@H](CO)[C@@H](O)[C@@H]2O)c(=O)n1. The van der Waals surface area contributed by atoms with E-state index in [-0.39, 0.29) is 30.5 Å². The number of aromatic nitrogens is 2. The van der Waals surface area contributed by atoms with Gasteiger partial charge in [-0.2, -0.15) is 4.98 Å². The van der Waals surface area contributed by atoms with Crippen LogP contribution >= 0.6 is 0 Å². The monoisotopic (exact) mass is 385 g/mol. The fraction of sp³-hybridized carbons (Fsp3) is 0.625. The number of hydrogen-bond acceptors (Lipinski definition) is 9. The van der Waals surface area contributed by atoms with Gasteiger partial charge in [0.15, 0.2) is 6.23 Å². The van der Waals surface area contributed by atoms with Crippen molar-refractivity contribution in [2.24, 2.45) is 0 Å². The Labute approximate surface area is 154 Å². The average molecular weight is 385 g/mol. The number of amides is 1. The summed E-state index contributed by atoms with van der Waals surface area (Å²) in [4.78, 5) is 38.7. The summed E-state index contributed by atoms with van der Waals surface area (Å²) in [6.45, 7) is -0.513. The van der Waals surface area contributed by atoms with Crippen LogP contribution in [0.15, 0.2) is 17.1 Å². The summed E-state index contributed by atoms with van der Waals surface area (Å²) in [5.41, 5.74) is -0.798. The van der Waals surface area contributed by atoms with Gasteiger partial charge < -0.3 is 30.1 Å². The number of anilines is 1. The van der Waals surface area contributed by atoms with Gasteiger partial charge in [0.2, 0.25) is 5.91 Å². The second kappa shape index (κ2) is 9.55. The van der Waals surface area contributed by atoms with Crippen LogP contribution in [0.25, 0.3) is 0 Å². The molecule has 2 heterocycles. The Kier molecular flexibility index (Phi) is 7.42. The summed E-state index contributed by atoms with van der Waals surface area (Å²) < 4.78 is 10.7. The van der Waals surface area contributed by atoms with E-state index in [0.29, 0.717) is 12.8 Å². The van der Waals surface area contributed by atoms with Crippen LogP contribution in [0.1, 0.15) is 31.9 Å². The summed E-state index contributed by atoms with van der Waals surface area (Å²) in [5.74, 6) is -0.677. The summed E-state index contributed by atoms with van der Waals surface area (Å²) in [5, 5.41) is 31.3. The number of aliphatic hydroxyl groups is 3. The molecule has 0 saturated carbocycles. The maximum Gasteiger partial charge on any atom is 0.351 e. The molecule has 2 rings (SSSR count). The van der Waals surface area contributed by atoms with Crippen LogP contribution in [0.4, 0.5) is 5.82 Å². The molecular weight excluding hydrogens is 362 g/mol. The number of aliphatic hydroxyl groups excluding tert-OH is 3. The minimum atomic E-state index is -1.41. The van der Waals surface area contributed by atoms with Crippen LogP contribution in [-0.2, 0) is 19.1 Å². The molecule has 27 heavy (non-hydrogen) atoms. The van der Waals surface area contributed by atoms with E-state index in [0.717, 1.165) is 4.57 Å². The lowest BCUT2D eigenvalue weighted by Crippen LogP contribution is -2.36. The number of rotatable bonds is 8. The van der Waals surface area contributed by atoms with E-state index in [2.05, 4.69) is 15.0 Å². The fourth-order valence-electron chi connectivity index (χ4n) is 2.65. The Morgan fingerprint density at radius 2 is 2.00 bits per heavy atom. The number of hydrogen-bond donors (Lipinski definition) is 4. The van der Waals surface area contributed by atoms with Gasteiger partial charge in [0.05, 0.1) is 13.7 Å². The van der Waals surface area contributed by atoms with Crippen molar-refractivity contribution >= 4 is 17.7 Å². The third-order valence-corrected chi connectivity index (χ3v) is 4.15. The quantitative estimate of drug-likeness (QED) is 0.309. The molecule has 1 aliphatic rings. The lowest BCUT2D eigenvalue weighted by Gasteiger charge is -2.17. The minimum absolute atomic E-state index is 0.0287. The van der Waals surface area contributed by atoms with Crippen molar-refractivity contribution in [1.82, 2.24) is 9.55 Å². The highest BCUT2D eigenvalue weighted by atomic mass is 16.6. The number of esters is 1. The molecule has 0 radical (unpaired) electrons. The van der Waals surface area contributed by atoms with E-state index in [1.165, 1.54) is 19.4 Å². The lowest BCUT2D eigenvalue weighted by molar-refractivity contribution is -0.140. The molecule has 0 aliphatic carbocycles. The van der Waals surface area contributed by atoms with Gasteiger partial charge in [0.25, 0.3) is 0 Å². The summed E-state index contributed by atoms with van der Waals surface area (Å²) >= 11 is 0. The standard InChI is InChI=1S/C16H23N3O8/c1-26-12(22)5-3-2-4-11(21)17-10-6-7-19(16(25)18-10)15-14(24)13(23)9(8-20)27-15/h6-7,9,13-15,20,23-24H,2-5,8H2,1H3,(H,17,18,21,25)/t9-,13-,14+,15-/m1/s1. The molecule has 11 heteroatoms. The molecule has 1 amide bonds. The zero-order chi connectivity index (χ0) is 20.0. The summed E-state index contributed by atoms with van der Waals surface area (Å²) in [7, 11) is 1.29. The fourth-order valence-corrected chi connectivity index (χ4v) is 2.65. The first-order valence-electron chi connectivity index (χ1n) is 8.45. The number of carbonyl (C=O) groups excluding carboxylic acids is 2. The summed E-state index contributed by atoms with van der Waals surface area (Å²) in [6.07, 6.45) is -2.34. The third-order valence-electron chi connectivity index (χ3n) is 4.15. The first kappa shape index (κ1) is 21.0. The van der Waals surface area contributed by atoms with Crippen LogP contribution in [0.2, 0.25) is 0 Å². The van der Waals surface area contributed by atoms with Crippen molar-refractivity contribution in [3.05, 3.63) is 22.7 Å². The van der Waals surface area contributed by atoms with Crippen LogP contribution < -0.4 is 11.0 Å². The van der Waals surface area contributed by atoms with Gasteiger partial charge in [-0.25, -0.2) is 4.79 Å². The van der Waals surface area contributed by atoms with Crippen LogP contribution in [-0.4, -0.2) is 68.8 Å². The van der Waals surface area contributed by atoms with Gasteiger partial charge in [0, 0.05) is 19.0 Å². The van der Waals surface area contributed by atoms with Gasteiger partial charge >= 0.3 is 11.7 Å². The second-order valence-corrected chi connectivity index (χ2v) is 6.06. The Hall–Kier alpha value is -2.34. The van der Waals surface area contributed by atoms with Crippen LogP contribution in [0.5, 0.6) is 0 Å². The molecule has 4 atom stereocenters. The predicted octanol–water partition coefficient (Wildman–Crippen LogP) is -1.47. The van der Waals surface area contributed by atoms with Gasteiger partial charge in [-0.15, -0.1) is 0 Å². The molecule has 1 aromatic heterocycles. The molecule has 1 aliphatic heterocycles. The molecular formula is C16H23N3O8. The smallest absolute Gasteiger partial charge is 0.351 e. The number of nitrogens with one attached hydrogen (secondary N) is 1. The lowest BCUT2D eigenvalue weighted by atomic mass is 10.1. The first-order chi connectivity index (χ1) is 12.9. The molecule has 0 bridgehead atoms. The van der Waals surface area contributed by atoms with Gasteiger partial charge in [-0.3, -0.25) is 14.2 Å². The molecule has 1 aromatic rings. The molecule has 4 N–H and O–H groups in total. The number of nitrogens with zero attached hydrogens (tertiary/aromatic N) is 2. The average Bonchev–Trinajstić information content (AvgIpc) is 2.93. The molecule has 1 fully saturated rings. The van der Waals surface area contributed by atoms with E-state index >= 15 is 0 Å². The maximum absolute atomic E-state index is 12.1. The van der Waals surface area contributed by atoms with E-state index in [4.69, 9.17) is 9.84 Å². The largest absolute Gasteiger partial charge is 0.469 e. The van der Waals surface area contributed by atoms with E-state index in [1.54, 1.807) is 0 Å². The topological polar surface area (TPSA) is 160 Å². The number of methoxy groups -OCH3 is 1. The highest BCUT2D eigenvalue weighted by Crippen LogP contribution is 2.28. The van der Waals surface area contributed by atoms with E-state index in [1.807, 2.05) is 0 Å². The third kappa shape index (κ3) is 5.32. The summed E-state index contributed by atoms with van der Waals surface area (Å²) in [6, 6.07) is 1.35. The highest BCUT2D eigenvalue weighted by Gasteiger charge is 2.43. The molecule has 0 aromatic carbocycles. The zero-order valence-electron chi connectivity index (χ0n) is 14.8. The van der Waals surface area contributed by atoms with Gasteiger partial charge in [-0.1, -0.05) is 0 Å². The normalized spacial score (nSPS) is 24.6. The van der Waals surface area contributed by atoms with Crippen molar-refractivity contribution in [2.45, 2.75) is 50.2 Å². The van der Waals surface area contributed by atoms with Gasteiger partial charge in [-0.05, 0) is 18.9 Å². The second-order valence-electron chi connectivity index (χ2n) is 6.06. The van der Waals surface area contributed by atoms with Crippen molar-refractivity contribution in [2.75, 3.05) is 19.0 Å². The van der Waals surface area contributed by atoms with Gasteiger partial charge in [0.1, 0.15) is 24.1 Å². The molecule has 150 valence electrons. The van der Waals surface area contributed by atoms with Crippen molar-refractivity contribution in [3.63, 3.8) is 0 Å². The molecule has 0 spiro atoms. The molecule has 1 saturated heterocycles. The number of carbonyl (C=O) groups is 2. The van der Waals surface area contributed by atoms with Crippen molar-refractivity contribution in [3.8, 4) is 0 Å². The van der Waals surface area contributed by atoms with Crippen LogP contribution in [0.3, 0.4) is 0 Å². The predicted molar refractivity (Wildman–Crippen MR) is 90.6 cm³/mol. The number of ether oxygens (including phenoxy) is 2. The highest BCUT2D eigenvalue weighted by molar-refractivity contribution is 5.89.